The molecule has 168 valence electrons. The monoisotopic (exact) mass is 448 g/mol. The number of piperazine rings is 1. The number of urea groups is 1. The zero-order valence-electron chi connectivity index (χ0n) is 18.0. The molecule has 0 aromatic heterocycles. The van der Waals surface area contributed by atoms with Crippen LogP contribution in [-0.4, -0.2) is 103 Å². The van der Waals surface area contributed by atoms with Crippen LogP contribution in [0.1, 0.15) is 12.5 Å². The molecular formula is C21H29ClN6O3. The maximum atomic E-state index is 12.6. The number of halogens is 1. The Morgan fingerprint density at radius 1 is 1.19 bits per heavy atom. The van der Waals surface area contributed by atoms with E-state index in [-0.39, 0.29) is 5.91 Å². The molecular weight excluding hydrogens is 420 g/mol. The lowest BCUT2D eigenvalue weighted by molar-refractivity contribution is -0.127. The summed E-state index contributed by atoms with van der Waals surface area (Å²) in [6.07, 6.45) is -0.515. The summed E-state index contributed by atoms with van der Waals surface area (Å²) in [5.41, 5.74) is 1.12. The molecule has 0 radical (unpaired) electrons. The molecule has 9 nitrogen and oxygen atoms in total. The Hall–Kier alpha value is -2.36. The summed E-state index contributed by atoms with van der Waals surface area (Å²) < 4.78 is 5.54. The van der Waals surface area contributed by atoms with Gasteiger partial charge in [0.1, 0.15) is 0 Å². The van der Waals surface area contributed by atoms with Crippen molar-refractivity contribution in [3.63, 3.8) is 0 Å². The second-order valence-electron chi connectivity index (χ2n) is 7.94. The van der Waals surface area contributed by atoms with Crippen molar-refractivity contribution in [3.8, 4) is 0 Å². The molecule has 10 heteroatoms. The van der Waals surface area contributed by atoms with Gasteiger partial charge in [-0.15, -0.1) is 0 Å². The third-order valence-electron chi connectivity index (χ3n) is 6.03. The molecule has 0 spiro atoms. The quantitative estimate of drug-likeness (QED) is 0.655. The Kier molecular flexibility index (Phi) is 6.64. The number of benzene rings is 1. The number of amides is 3. The lowest BCUT2D eigenvalue weighted by Crippen LogP contribution is -2.65. The summed E-state index contributed by atoms with van der Waals surface area (Å²) in [6, 6.07) is 6.98. The van der Waals surface area contributed by atoms with Crippen molar-refractivity contribution >= 4 is 29.5 Å². The van der Waals surface area contributed by atoms with E-state index in [4.69, 9.17) is 21.3 Å². The summed E-state index contributed by atoms with van der Waals surface area (Å²) >= 11 is 6.32. The molecule has 1 N–H and O–H groups in total. The van der Waals surface area contributed by atoms with E-state index in [2.05, 4.69) is 21.2 Å². The van der Waals surface area contributed by atoms with E-state index in [1.165, 1.54) is 4.90 Å². The highest BCUT2D eigenvalue weighted by molar-refractivity contribution is 6.31. The minimum absolute atomic E-state index is 0.305. The highest BCUT2D eigenvalue weighted by atomic mass is 35.5. The van der Waals surface area contributed by atoms with E-state index in [0.717, 1.165) is 49.3 Å². The first kappa shape index (κ1) is 21.9. The summed E-state index contributed by atoms with van der Waals surface area (Å²) in [4.78, 5) is 37.6. The van der Waals surface area contributed by atoms with Crippen LogP contribution in [-0.2, 0) is 16.1 Å². The van der Waals surface area contributed by atoms with Crippen molar-refractivity contribution in [1.82, 2.24) is 24.9 Å². The van der Waals surface area contributed by atoms with E-state index in [1.807, 2.05) is 30.0 Å². The molecule has 3 aliphatic rings. The van der Waals surface area contributed by atoms with Gasteiger partial charge in [0, 0.05) is 57.9 Å². The molecule has 1 aromatic carbocycles. The third kappa shape index (κ3) is 4.49. The fourth-order valence-corrected chi connectivity index (χ4v) is 4.49. The van der Waals surface area contributed by atoms with Gasteiger partial charge >= 0.3 is 6.03 Å². The van der Waals surface area contributed by atoms with Gasteiger partial charge in [0.25, 0.3) is 5.91 Å². The molecule has 3 aliphatic heterocycles. The van der Waals surface area contributed by atoms with Crippen LogP contribution in [0.2, 0.25) is 5.02 Å². The van der Waals surface area contributed by atoms with E-state index >= 15 is 0 Å². The molecule has 3 amide bonds. The first-order valence-electron chi connectivity index (χ1n) is 10.7. The molecule has 3 heterocycles. The number of nitrogens with zero attached hydrogens (tertiary/aromatic N) is 5. The Labute approximate surface area is 187 Å². The number of rotatable bonds is 6. The van der Waals surface area contributed by atoms with Gasteiger partial charge in [-0.25, -0.2) is 9.79 Å². The van der Waals surface area contributed by atoms with Gasteiger partial charge in [-0.3, -0.25) is 15.0 Å². The molecule has 31 heavy (non-hydrogen) atoms. The van der Waals surface area contributed by atoms with Crippen LogP contribution in [0.3, 0.4) is 0 Å². The van der Waals surface area contributed by atoms with E-state index in [9.17, 15) is 9.59 Å². The number of likely N-dealkylation sites (N-methyl/N-ethyl adjacent to an activating group) is 1. The van der Waals surface area contributed by atoms with Gasteiger partial charge in [0.2, 0.25) is 0 Å². The topological polar surface area (TPSA) is 80.7 Å². The molecule has 0 bridgehead atoms. The second kappa shape index (κ2) is 9.42. The minimum atomic E-state index is -0.528. The number of carbonyl (C=O) groups is 2. The van der Waals surface area contributed by atoms with E-state index < -0.39 is 18.2 Å². The van der Waals surface area contributed by atoms with Crippen LogP contribution in [0.5, 0.6) is 0 Å². The molecule has 4 rings (SSSR count). The number of ether oxygens (including phenoxy) is 1. The van der Waals surface area contributed by atoms with Gasteiger partial charge in [0.15, 0.2) is 18.2 Å². The second-order valence-corrected chi connectivity index (χ2v) is 8.34. The average molecular weight is 449 g/mol. The number of fused-ring (bicyclic) bond motifs is 1. The fourth-order valence-electron chi connectivity index (χ4n) is 4.29. The van der Waals surface area contributed by atoms with Crippen LogP contribution in [0.15, 0.2) is 29.3 Å². The van der Waals surface area contributed by atoms with E-state index in [0.29, 0.717) is 19.8 Å². The number of carbonyl (C=O) groups excluding carboxylic acids is 2. The zero-order chi connectivity index (χ0) is 22.0. The molecule has 0 saturated carbocycles. The van der Waals surface area contributed by atoms with Crippen LogP contribution in [0, 0.1) is 0 Å². The van der Waals surface area contributed by atoms with Crippen molar-refractivity contribution < 1.29 is 14.3 Å². The van der Waals surface area contributed by atoms with Crippen molar-refractivity contribution in [2.75, 3.05) is 53.0 Å². The van der Waals surface area contributed by atoms with Crippen LogP contribution < -0.4 is 5.32 Å². The Morgan fingerprint density at radius 3 is 2.65 bits per heavy atom. The van der Waals surface area contributed by atoms with Gasteiger partial charge in [-0.2, -0.15) is 0 Å². The number of aliphatic imine (C=N–C) groups is 1. The number of hydrogen-bond donors (Lipinski definition) is 1. The Balaban J connectivity index is 1.46. The molecule has 2 atom stereocenters. The molecule has 2 unspecified atom stereocenters. The summed E-state index contributed by atoms with van der Waals surface area (Å²) in [7, 11) is 1.67. The van der Waals surface area contributed by atoms with Gasteiger partial charge in [-0.1, -0.05) is 29.8 Å². The van der Waals surface area contributed by atoms with E-state index in [1.54, 1.807) is 7.05 Å². The number of nitrogens with one attached hydrogen (secondary N) is 1. The van der Waals surface area contributed by atoms with Crippen LogP contribution in [0.25, 0.3) is 0 Å². The molecule has 2 fully saturated rings. The number of guanidine groups is 1. The molecule has 2 saturated heterocycles. The van der Waals surface area contributed by atoms with Gasteiger partial charge < -0.3 is 19.4 Å². The first-order chi connectivity index (χ1) is 15.0. The fraction of sp³-hybridized carbons (Fsp3) is 0.571. The molecule has 1 aromatic rings. The smallest absolute Gasteiger partial charge is 0.325 e. The standard InChI is InChI=1S/C21H29ClN6O3/c1-3-31-13-12-28-17-18(25(2)21(30)24-19(17)29)23-20(28)27-10-8-26(9-11-27)14-15-6-4-5-7-16(15)22/h4-7,17-18H,3,8-14H2,1-2H3,(H,24,29,30). The highest BCUT2D eigenvalue weighted by Crippen LogP contribution is 2.26. The predicted molar refractivity (Wildman–Crippen MR) is 118 cm³/mol. The SMILES string of the molecule is CCOCCN1C(N2CCN(Cc3ccccc3Cl)CC2)=NC2C1C(=O)NC(=O)N2C. The van der Waals surface area contributed by atoms with Gasteiger partial charge in [0.05, 0.1) is 6.61 Å². The first-order valence-corrected chi connectivity index (χ1v) is 11.1. The lowest BCUT2D eigenvalue weighted by Gasteiger charge is -2.40. The summed E-state index contributed by atoms with van der Waals surface area (Å²) in [5.74, 6) is 0.463. The van der Waals surface area contributed by atoms with Crippen molar-refractivity contribution in [2.24, 2.45) is 4.99 Å². The zero-order valence-corrected chi connectivity index (χ0v) is 18.7. The number of imide groups is 1. The van der Waals surface area contributed by atoms with Crippen molar-refractivity contribution in [3.05, 3.63) is 34.9 Å². The van der Waals surface area contributed by atoms with Crippen molar-refractivity contribution in [1.29, 1.82) is 0 Å². The van der Waals surface area contributed by atoms with Crippen molar-refractivity contribution in [2.45, 2.75) is 25.7 Å². The summed E-state index contributed by atoms with van der Waals surface area (Å²) in [6.45, 7) is 7.69. The average Bonchev–Trinajstić information content (AvgIpc) is 3.15. The Bertz CT molecular complexity index is 857. The maximum Gasteiger partial charge on any atom is 0.325 e. The molecule has 0 aliphatic carbocycles. The van der Waals surface area contributed by atoms with Crippen LogP contribution in [0.4, 0.5) is 4.79 Å². The lowest BCUT2D eigenvalue weighted by atomic mass is 10.1. The maximum absolute atomic E-state index is 12.6. The largest absolute Gasteiger partial charge is 0.380 e. The summed E-state index contributed by atoms with van der Waals surface area (Å²) in [5, 5.41) is 3.22. The van der Waals surface area contributed by atoms with Gasteiger partial charge in [-0.05, 0) is 18.6 Å². The minimum Gasteiger partial charge on any atom is -0.380 e. The third-order valence-corrected chi connectivity index (χ3v) is 6.40. The Morgan fingerprint density at radius 2 is 1.94 bits per heavy atom. The normalized spacial score (nSPS) is 24.4. The highest BCUT2D eigenvalue weighted by Gasteiger charge is 2.49. The predicted octanol–water partition coefficient (Wildman–Crippen LogP) is 1.04. The number of hydrogen-bond acceptors (Lipinski definition) is 7. The van der Waals surface area contributed by atoms with Crippen LogP contribution >= 0.6 is 11.6 Å².